The predicted molar refractivity (Wildman–Crippen MR) is 85.1 cm³/mol. The van der Waals surface area contributed by atoms with Gasteiger partial charge < -0.3 is 10.6 Å². The van der Waals surface area contributed by atoms with Crippen molar-refractivity contribution < 1.29 is 0 Å². The molecule has 2 aromatic heterocycles. The topological polar surface area (TPSA) is 55.0 Å². The zero-order valence-electron chi connectivity index (χ0n) is 12.0. The van der Waals surface area contributed by atoms with Crippen LogP contribution in [-0.2, 0) is 0 Å². The maximum atomic E-state index is 6.03. The molecule has 1 atom stereocenters. The summed E-state index contributed by atoms with van der Waals surface area (Å²) >= 11 is 3.09. The molecule has 1 unspecified atom stereocenters. The quantitative estimate of drug-likeness (QED) is 0.936. The molecule has 0 aliphatic rings. The number of nitrogen functional groups attached to an aromatic ring is 1. The van der Waals surface area contributed by atoms with Crippen molar-refractivity contribution in [2.45, 2.75) is 33.7 Å². The summed E-state index contributed by atoms with van der Waals surface area (Å²) in [6, 6.07) is 0.429. The zero-order chi connectivity index (χ0) is 14.2. The first kappa shape index (κ1) is 14.3. The standard InChI is InChI=1S/C13H20N4S2/c1-7(2)8(3)17(5)13-11(12(14)16-19-13)10-6-18-9(4)15-10/h6-8H,1-5H3,(H2,14,16). The number of aromatic nitrogens is 2. The van der Waals surface area contributed by atoms with Crippen molar-refractivity contribution in [1.82, 2.24) is 9.36 Å². The number of nitrogens with two attached hydrogens (primary N) is 1. The number of rotatable bonds is 4. The molecule has 2 aromatic rings. The van der Waals surface area contributed by atoms with Crippen molar-refractivity contribution in [2.24, 2.45) is 5.92 Å². The fraction of sp³-hybridized carbons (Fsp3) is 0.538. The highest BCUT2D eigenvalue weighted by Crippen LogP contribution is 2.40. The van der Waals surface area contributed by atoms with Crippen LogP contribution in [0.25, 0.3) is 11.3 Å². The fourth-order valence-electron chi connectivity index (χ4n) is 1.89. The lowest BCUT2D eigenvalue weighted by atomic mass is 10.1. The van der Waals surface area contributed by atoms with Crippen LogP contribution in [0.4, 0.5) is 10.8 Å². The van der Waals surface area contributed by atoms with Crippen LogP contribution in [0.3, 0.4) is 0 Å². The Hall–Kier alpha value is -1.14. The van der Waals surface area contributed by atoms with Crippen LogP contribution in [0.5, 0.6) is 0 Å². The number of nitrogens with zero attached hydrogens (tertiary/aromatic N) is 3. The molecule has 104 valence electrons. The molecular formula is C13H20N4S2. The second-order valence-corrected chi connectivity index (χ2v) is 6.91. The Morgan fingerprint density at radius 3 is 2.53 bits per heavy atom. The molecule has 0 amide bonds. The summed E-state index contributed by atoms with van der Waals surface area (Å²) in [6.07, 6.45) is 0. The van der Waals surface area contributed by atoms with Gasteiger partial charge in [-0.1, -0.05) is 13.8 Å². The molecule has 0 bridgehead atoms. The van der Waals surface area contributed by atoms with Crippen molar-refractivity contribution in [3.05, 3.63) is 10.4 Å². The first-order chi connectivity index (χ1) is 8.91. The molecule has 0 aliphatic heterocycles. The van der Waals surface area contributed by atoms with Crippen LogP contribution >= 0.6 is 22.9 Å². The van der Waals surface area contributed by atoms with Gasteiger partial charge in [0.05, 0.1) is 16.3 Å². The molecule has 0 fully saturated rings. The predicted octanol–water partition coefficient (Wildman–Crippen LogP) is 3.64. The van der Waals surface area contributed by atoms with Gasteiger partial charge in [-0.3, -0.25) is 0 Å². The van der Waals surface area contributed by atoms with E-state index in [0.717, 1.165) is 21.3 Å². The van der Waals surface area contributed by atoms with Crippen molar-refractivity contribution in [3.8, 4) is 11.3 Å². The average Bonchev–Trinajstić information content (AvgIpc) is 2.93. The fourth-order valence-corrected chi connectivity index (χ4v) is 3.36. The Morgan fingerprint density at radius 2 is 2.00 bits per heavy atom. The second-order valence-electron chi connectivity index (χ2n) is 5.10. The van der Waals surface area contributed by atoms with E-state index in [1.165, 1.54) is 11.5 Å². The summed E-state index contributed by atoms with van der Waals surface area (Å²) in [6.45, 7) is 8.66. The summed E-state index contributed by atoms with van der Waals surface area (Å²) in [5.74, 6) is 1.14. The highest BCUT2D eigenvalue weighted by molar-refractivity contribution is 7.11. The zero-order valence-corrected chi connectivity index (χ0v) is 13.6. The van der Waals surface area contributed by atoms with Gasteiger partial charge in [-0.25, -0.2) is 4.98 Å². The first-order valence-corrected chi connectivity index (χ1v) is 7.97. The van der Waals surface area contributed by atoms with Crippen molar-refractivity contribution in [1.29, 1.82) is 0 Å². The first-order valence-electron chi connectivity index (χ1n) is 6.32. The minimum absolute atomic E-state index is 0.429. The van der Waals surface area contributed by atoms with E-state index >= 15 is 0 Å². The molecule has 0 radical (unpaired) electrons. The number of thiazole rings is 1. The molecule has 6 heteroatoms. The highest BCUT2D eigenvalue weighted by atomic mass is 32.1. The lowest BCUT2D eigenvalue weighted by Crippen LogP contribution is -2.32. The minimum atomic E-state index is 0.429. The van der Waals surface area contributed by atoms with Gasteiger partial charge in [-0.15, -0.1) is 11.3 Å². The van der Waals surface area contributed by atoms with Gasteiger partial charge in [-0.05, 0) is 31.3 Å². The summed E-state index contributed by atoms with van der Waals surface area (Å²) in [5.41, 5.74) is 7.95. The van der Waals surface area contributed by atoms with E-state index in [1.54, 1.807) is 11.3 Å². The number of hydrogen-bond acceptors (Lipinski definition) is 6. The SMILES string of the molecule is Cc1nc(-c2c(N)nsc2N(C)C(C)C(C)C)cs1. The monoisotopic (exact) mass is 296 g/mol. The van der Waals surface area contributed by atoms with Crippen molar-refractivity contribution >= 4 is 33.7 Å². The number of aryl methyl sites for hydroxylation is 1. The molecular weight excluding hydrogens is 276 g/mol. The molecule has 2 heterocycles. The molecule has 19 heavy (non-hydrogen) atoms. The Morgan fingerprint density at radius 1 is 1.32 bits per heavy atom. The molecule has 0 saturated carbocycles. The Kier molecular flexibility index (Phi) is 4.10. The summed E-state index contributed by atoms with van der Waals surface area (Å²) in [7, 11) is 2.10. The molecule has 0 aliphatic carbocycles. The van der Waals surface area contributed by atoms with Crippen LogP contribution in [0.2, 0.25) is 0 Å². The Bertz CT molecular complexity index is 559. The van der Waals surface area contributed by atoms with Crippen LogP contribution in [0.1, 0.15) is 25.8 Å². The third-order valence-corrected chi connectivity index (χ3v) is 5.20. The molecule has 4 nitrogen and oxygen atoms in total. The summed E-state index contributed by atoms with van der Waals surface area (Å²) in [4.78, 5) is 6.79. The summed E-state index contributed by atoms with van der Waals surface area (Å²) in [5, 5.41) is 4.20. The summed E-state index contributed by atoms with van der Waals surface area (Å²) < 4.78 is 4.31. The van der Waals surface area contributed by atoms with Crippen LogP contribution in [-0.4, -0.2) is 22.4 Å². The van der Waals surface area contributed by atoms with E-state index < -0.39 is 0 Å². The molecule has 0 aromatic carbocycles. The van der Waals surface area contributed by atoms with Gasteiger partial charge in [0.15, 0.2) is 0 Å². The third-order valence-electron chi connectivity index (χ3n) is 3.47. The van der Waals surface area contributed by atoms with Crippen molar-refractivity contribution in [2.75, 3.05) is 17.7 Å². The Labute approximate surface area is 122 Å². The van der Waals surface area contributed by atoms with Crippen LogP contribution < -0.4 is 10.6 Å². The lowest BCUT2D eigenvalue weighted by molar-refractivity contribution is 0.508. The smallest absolute Gasteiger partial charge is 0.148 e. The normalized spacial score (nSPS) is 12.9. The minimum Gasteiger partial charge on any atom is -0.382 e. The van der Waals surface area contributed by atoms with E-state index in [0.29, 0.717) is 17.8 Å². The molecule has 2 N–H and O–H groups in total. The van der Waals surface area contributed by atoms with Gasteiger partial charge in [0.2, 0.25) is 0 Å². The number of hydrogen-bond donors (Lipinski definition) is 1. The van der Waals surface area contributed by atoms with Gasteiger partial charge in [-0.2, -0.15) is 4.37 Å². The maximum absolute atomic E-state index is 6.03. The molecule has 0 saturated heterocycles. The maximum Gasteiger partial charge on any atom is 0.148 e. The average molecular weight is 296 g/mol. The molecule has 2 rings (SSSR count). The van der Waals surface area contributed by atoms with Gasteiger partial charge in [0.1, 0.15) is 10.8 Å². The number of anilines is 2. The molecule has 0 spiro atoms. The second kappa shape index (κ2) is 5.46. The van der Waals surface area contributed by atoms with E-state index in [2.05, 4.69) is 42.1 Å². The highest BCUT2D eigenvalue weighted by Gasteiger charge is 2.23. The van der Waals surface area contributed by atoms with Gasteiger partial charge in [0.25, 0.3) is 0 Å². The van der Waals surface area contributed by atoms with Gasteiger partial charge >= 0.3 is 0 Å². The van der Waals surface area contributed by atoms with Crippen molar-refractivity contribution in [3.63, 3.8) is 0 Å². The van der Waals surface area contributed by atoms with E-state index in [1.807, 2.05) is 12.3 Å². The van der Waals surface area contributed by atoms with E-state index in [9.17, 15) is 0 Å². The van der Waals surface area contributed by atoms with Crippen LogP contribution in [0.15, 0.2) is 5.38 Å². The lowest BCUT2D eigenvalue weighted by Gasteiger charge is -2.29. The van der Waals surface area contributed by atoms with E-state index in [4.69, 9.17) is 5.73 Å². The van der Waals surface area contributed by atoms with Gasteiger partial charge in [0, 0.05) is 18.5 Å². The van der Waals surface area contributed by atoms with Crippen LogP contribution in [0, 0.1) is 12.8 Å². The third kappa shape index (κ3) is 2.74. The largest absolute Gasteiger partial charge is 0.382 e. The Balaban J connectivity index is 2.43. The van der Waals surface area contributed by atoms with E-state index in [-0.39, 0.29) is 0 Å².